The molecule has 20 heavy (non-hydrogen) atoms. The van der Waals surface area contributed by atoms with Gasteiger partial charge in [0.15, 0.2) is 0 Å². The minimum Gasteiger partial charge on any atom is -0.480 e. The number of carboxylic acids is 1. The van der Waals surface area contributed by atoms with E-state index in [0.29, 0.717) is 17.0 Å². The monoisotopic (exact) mass is 294 g/mol. The maximum atomic E-state index is 10.9. The standard InChI is InChI=1S/C13H11ClN2O4/c1-19-11-9(6-15-13(16-11)20-2)8-4-3-7(12(17)18)5-10(8)14/h3-6H,1-2H3,(H,17,18). The van der Waals surface area contributed by atoms with Crippen LogP contribution >= 0.6 is 11.6 Å². The second-order valence-electron chi connectivity index (χ2n) is 3.78. The van der Waals surface area contributed by atoms with Gasteiger partial charge in [0.05, 0.1) is 25.3 Å². The molecule has 0 aliphatic heterocycles. The van der Waals surface area contributed by atoms with Crippen LogP contribution in [-0.2, 0) is 0 Å². The minimum atomic E-state index is -1.05. The summed E-state index contributed by atoms with van der Waals surface area (Å²) >= 11 is 6.10. The Bertz CT molecular complexity index is 661. The largest absolute Gasteiger partial charge is 0.480 e. The number of ether oxygens (including phenoxy) is 2. The number of benzene rings is 1. The van der Waals surface area contributed by atoms with E-state index in [1.165, 1.54) is 32.5 Å². The predicted octanol–water partition coefficient (Wildman–Crippen LogP) is 2.51. The highest BCUT2D eigenvalue weighted by Crippen LogP contribution is 2.34. The fraction of sp³-hybridized carbons (Fsp3) is 0.154. The number of aromatic carboxylic acids is 1. The molecule has 1 aromatic heterocycles. The molecule has 0 atom stereocenters. The van der Waals surface area contributed by atoms with Crippen LogP contribution in [0.5, 0.6) is 11.9 Å². The van der Waals surface area contributed by atoms with Crippen LogP contribution in [0.15, 0.2) is 24.4 Å². The van der Waals surface area contributed by atoms with Crippen molar-refractivity contribution in [3.63, 3.8) is 0 Å². The minimum absolute atomic E-state index is 0.104. The van der Waals surface area contributed by atoms with Crippen LogP contribution in [0.2, 0.25) is 5.02 Å². The number of halogens is 1. The molecule has 0 aliphatic carbocycles. The Morgan fingerprint density at radius 3 is 2.55 bits per heavy atom. The molecule has 0 fully saturated rings. The molecule has 1 heterocycles. The molecule has 2 rings (SSSR count). The smallest absolute Gasteiger partial charge is 0.335 e. The number of nitrogens with zero attached hydrogens (tertiary/aromatic N) is 2. The van der Waals surface area contributed by atoms with Crippen molar-refractivity contribution in [2.75, 3.05) is 14.2 Å². The highest BCUT2D eigenvalue weighted by molar-refractivity contribution is 6.33. The van der Waals surface area contributed by atoms with Crippen molar-refractivity contribution in [1.29, 1.82) is 0 Å². The zero-order chi connectivity index (χ0) is 14.7. The van der Waals surface area contributed by atoms with Crippen LogP contribution in [0.25, 0.3) is 11.1 Å². The summed E-state index contributed by atoms with van der Waals surface area (Å²) in [4.78, 5) is 18.9. The zero-order valence-electron chi connectivity index (χ0n) is 10.8. The molecular formula is C13H11ClN2O4. The number of methoxy groups -OCH3 is 2. The average Bonchev–Trinajstić information content (AvgIpc) is 2.46. The van der Waals surface area contributed by atoms with Crippen LogP contribution in [0, 0.1) is 0 Å². The molecule has 1 N–H and O–H groups in total. The fourth-order valence-corrected chi connectivity index (χ4v) is 1.94. The van der Waals surface area contributed by atoms with E-state index < -0.39 is 5.97 Å². The number of carbonyl (C=O) groups is 1. The lowest BCUT2D eigenvalue weighted by Crippen LogP contribution is -1.99. The summed E-state index contributed by atoms with van der Waals surface area (Å²) in [5, 5.41) is 9.19. The lowest BCUT2D eigenvalue weighted by molar-refractivity contribution is 0.0697. The highest BCUT2D eigenvalue weighted by atomic mass is 35.5. The van der Waals surface area contributed by atoms with E-state index in [1.807, 2.05) is 0 Å². The Hall–Kier alpha value is -2.34. The third-order valence-corrected chi connectivity index (χ3v) is 2.93. The number of hydrogen-bond acceptors (Lipinski definition) is 5. The van der Waals surface area contributed by atoms with E-state index in [9.17, 15) is 4.79 Å². The molecule has 0 amide bonds. The van der Waals surface area contributed by atoms with Gasteiger partial charge >= 0.3 is 12.0 Å². The van der Waals surface area contributed by atoms with Crippen LogP contribution in [-0.4, -0.2) is 35.3 Å². The summed E-state index contributed by atoms with van der Waals surface area (Å²) in [5.74, 6) is -0.752. The third kappa shape index (κ3) is 2.65. The van der Waals surface area contributed by atoms with Crippen molar-refractivity contribution in [2.45, 2.75) is 0 Å². The van der Waals surface area contributed by atoms with E-state index in [2.05, 4.69) is 9.97 Å². The van der Waals surface area contributed by atoms with Gasteiger partial charge in [0.2, 0.25) is 5.88 Å². The van der Waals surface area contributed by atoms with Gasteiger partial charge in [-0.2, -0.15) is 4.98 Å². The van der Waals surface area contributed by atoms with Crippen molar-refractivity contribution in [3.8, 4) is 23.0 Å². The van der Waals surface area contributed by atoms with Gasteiger partial charge in [0.1, 0.15) is 0 Å². The Kier molecular flexibility index (Phi) is 4.05. The normalized spacial score (nSPS) is 10.2. The van der Waals surface area contributed by atoms with Crippen LogP contribution < -0.4 is 9.47 Å². The van der Waals surface area contributed by atoms with E-state index in [4.69, 9.17) is 26.2 Å². The predicted molar refractivity (Wildman–Crippen MR) is 72.5 cm³/mol. The Balaban J connectivity index is 2.53. The molecule has 0 saturated heterocycles. The molecule has 6 nitrogen and oxygen atoms in total. The Morgan fingerprint density at radius 2 is 2.00 bits per heavy atom. The Labute approximate surface area is 120 Å². The average molecular weight is 295 g/mol. The molecule has 0 saturated carbocycles. The highest BCUT2D eigenvalue weighted by Gasteiger charge is 2.15. The van der Waals surface area contributed by atoms with Gasteiger partial charge in [0, 0.05) is 16.8 Å². The summed E-state index contributed by atoms with van der Waals surface area (Å²) in [6.45, 7) is 0. The number of carboxylic acid groups (broad SMARTS) is 1. The van der Waals surface area contributed by atoms with E-state index >= 15 is 0 Å². The van der Waals surface area contributed by atoms with Crippen LogP contribution in [0.1, 0.15) is 10.4 Å². The molecule has 7 heteroatoms. The summed E-state index contributed by atoms with van der Waals surface area (Å²) < 4.78 is 10.1. The molecule has 0 unspecified atom stereocenters. The van der Waals surface area contributed by atoms with Crippen LogP contribution in [0.3, 0.4) is 0 Å². The Morgan fingerprint density at radius 1 is 1.25 bits per heavy atom. The first-order valence-corrected chi connectivity index (χ1v) is 5.93. The van der Waals surface area contributed by atoms with Crippen LogP contribution in [0.4, 0.5) is 0 Å². The van der Waals surface area contributed by atoms with E-state index in [0.717, 1.165) is 0 Å². The number of hydrogen-bond donors (Lipinski definition) is 1. The lowest BCUT2D eigenvalue weighted by atomic mass is 10.1. The third-order valence-electron chi connectivity index (χ3n) is 2.61. The molecule has 0 radical (unpaired) electrons. The van der Waals surface area contributed by atoms with Gasteiger partial charge in [-0.15, -0.1) is 0 Å². The maximum Gasteiger partial charge on any atom is 0.335 e. The molecule has 0 bridgehead atoms. The van der Waals surface area contributed by atoms with Crippen molar-refractivity contribution in [1.82, 2.24) is 9.97 Å². The lowest BCUT2D eigenvalue weighted by Gasteiger charge is -2.10. The first kappa shape index (κ1) is 14.1. The topological polar surface area (TPSA) is 81.5 Å². The second-order valence-corrected chi connectivity index (χ2v) is 4.19. The quantitative estimate of drug-likeness (QED) is 0.933. The van der Waals surface area contributed by atoms with Crippen molar-refractivity contribution in [3.05, 3.63) is 35.0 Å². The SMILES string of the molecule is COc1ncc(-c2ccc(C(=O)O)cc2Cl)c(OC)n1. The summed E-state index contributed by atoms with van der Waals surface area (Å²) in [5.41, 5.74) is 1.23. The molecule has 0 aliphatic rings. The maximum absolute atomic E-state index is 10.9. The molecule has 0 spiro atoms. The molecule has 1 aromatic carbocycles. The first-order valence-electron chi connectivity index (χ1n) is 5.55. The van der Waals surface area contributed by atoms with Gasteiger partial charge in [-0.25, -0.2) is 9.78 Å². The van der Waals surface area contributed by atoms with Crippen molar-refractivity contribution < 1.29 is 19.4 Å². The summed E-state index contributed by atoms with van der Waals surface area (Å²) in [6.07, 6.45) is 1.51. The van der Waals surface area contributed by atoms with Gasteiger partial charge < -0.3 is 14.6 Å². The second kappa shape index (κ2) is 5.75. The van der Waals surface area contributed by atoms with Gasteiger partial charge in [-0.3, -0.25) is 0 Å². The number of aromatic nitrogens is 2. The van der Waals surface area contributed by atoms with E-state index in [1.54, 1.807) is 6.07 Å². The van der Waals surface area contributed by atoms with E-state index in [-0.39, 0.29) is 16.6 Å². The van der Waals surface area contributed by atoms with Gasteiger partial charge in [0.25, 0.3) is 0 Å². The first-order chi connectivity index (χ1) is 9.56. The van der Waals surface area contributed by atoms with Gasteiger partial charge in [-0.05, 0) is 12.1 Å². The van der Waals surface area contributed by atoms with Crippen molar-refractivity contribution in [2.24, 2.45) is 0 Å². The molecular weight excluding hydrogens is 284 g/mol. The molecule has 2 aromatic rings. The molecule has 104 valence electrons. The van der Waals surface area contributed by atoms with Crippen molar-refractivity contribution >= 4 is 17.6 Å². The van der Waals surface area contributed by atoms with Gasteiger partial charge in [-0.1, -0.05) is 17.7 Å². The summed E-state index contributed by atoms with van der Waals surface area (Å²) in [6, 6.07) is 4.57. The summed E-state index contributed by atoms with van der Waals surface area (Å²) in [7, 11) is 2.91. The number of rotatable bonds is 4. The fourth-order valence-electron chi connectivity index (χ4n) is 1.66. The zero-order valence-corrected chi connectivity index (χ0v) is 11.5.